The predicted molar refractivity (Wildman–Crippen MR) is 43.6 cm³/mol. The van der Waals surface area contributed by atoms with Crippen LogP contribution < -0.4 is 0 Å². The normalized spacial score (nSPS) is 26.4. The lowest BCUT2D eigenvalue weighted by Gasteiger charge is -2.24. The van der Waals surface area contributed by atoms with Crippen molar-refractivity contribution in [1.29, 1.82) is 0 Å². The fourth-order valence-corrected chi connectivity index (χ4v) is 2.11. The number of rotatable bonds is 0. The lowest BCUT2D eigenvalue weighted by molar-refractivity contribution is 0.605. The molecule has 0 fully saturated rings. The van der Waals surface area contributed by atoms with E-state index < -0.39 is 0 Å². The predicted octanol–water partition coefficient (Wildman–Crippen LogP) is 3.25. The zero-order valence-corrected chi connectivity index (χ0v) is 6.53. The summed E-state index contributed by atoms with van der Waals surface area (Å²) < 4.78 is 0. The van der Waals surface area contributed by atoms with Gasteiger partial charge in [0.15, 0.2) is 0 Å². The molecule has 0 saturated carbocycles. The minimum atomic E-state index is 1.35. The van der Waals surface area contributed by atoms with Gasteiger partial charge in [0.25, 0.3) is 0 Å². The third-order valence-corrected chi connectivity index (χ3v) is 2.70. The van der Waals surface area contributed by atoms with Gasteiger partial charge in [-0.2, -0.15) is 0 Å². The molecule has 0 spiro atoms. The van der Waals surface area contributed by atoms with Gasteiger partial charge in [0.05, 0.1) is 0 Å². The summed E-state index contributed by atoms with van der Waals surface area (Å²) in [4.78, 5) is 0. The quantitative estimate of drug-likeness (QED) is 0.478. The van der Waals surface area contributed by atoms with E-state index in [2.05, 4.69) is 6.42 Å². The van der Waals surface area contributed by atoms with Crippen LogP contribution in [0.25, 0.3) is 0 Å². The molecule has 0 bridgehead atoms. The molecule has 0 amide bonds. The third-order valence-electron chi connectivity index (χ3n) is 2.70. The van der Waals surface area contributed by atoms with Crippen molar-refractivity contribution in [3.05, 3.63) is 17.6 Å². The fraction of sp³-hybridized carbons (Fsp3) is 0.700. The second-order valence-corrected chi connectivity index (χ2v) is 3.43. The molecule has 2 aliphatic carbocycles. The van der Waals surface area contributed by atoms with Crippen LogP contribution in [0.1, 0.15) is 44.9 Å². The lowest BCUT2D eigenvalue weighted by atomic mass is 9.82. The van der Waals surface area contributed by atoms with Gasteiger partial charge in [-0.15, -0.1) is 0 Å². The Morgan fingerprint density at radius 2 is 1.70 bits per heavy atom. The van der Waals surface area contributed by atoms with Crippen LogP contribution in [0.5, 0.6) is 0 Å². The first kappa shape index (κ1) is 6.45. The number of hydrogen-bond acceptors (Lipinski definition) is 0. The van der Waals surface area contributed by atoms with Gasteiger partial charge in [-0.3, -0.25) is 0 Å². The van der Waals surface area contributed by atoms with Crippen molar-refractivity contribution in [3.63, 3.8) is 0 Å². The van der Waals surface area contributed by atoms with E-state index in [0.717, 1.165) is 0 Å². The molecule has 0 aromatic rings. The van der Waals surface area contributed by atoms with Gasteiger partial charge in [0, 0.05) is 0 Å². The lowest BCUT2D eigenvalue weighted by Crippen LogP contribution is -2.05. The van der Waals surface area contributed by atoms with Crippen LogP contribution in [0.4, 0.5) is 0 Å². The van der Waals surface area contributed by atoms with Gasteiger partial charge < -0.3 is 0 Å². The highest BCUT2D eigenvalue weighted by Crippen LogP contribution is 2.34. The Bertz CT molecular complexity index is 119. The average molecular weight is 135 g/mol. The van der Waals surface area contributed by atoms with Crippen molar-refractivity contribution < 1.29 is 0 Å². The molecule has 1 radical (unpaired) electrons. The Hall–Kier alpha value is -0.260. The van der Waals surface area contributed by atoms with Crippen molar-refractivity contribution in [2.75, 3.05) is 0 Å². The van der Waals surface area contributed by atoms with E-state index in [-0.39, 0.29) is 0 Å². The first-order valence-corrected chi connectivity index (χ1v) is 4.51. The fourth-order valence-electron chi connectivity index (χ4n) is 2.11. The molecule has 0 nitrogen and oxygen atoms in total. The van der Waals surface area contributed by atoms with Gasteiger partial charge in [-0.25, -0.2) is 0 Å². The van der Waals surface area contributed by atoms with Crippen LogP contribution in [0.2, 0.25) is 0 Å². The highest BCUT2D eigenvalue weighted by Gasteiger charge is 2.15. The van der Waals surface area contributed by atoms with Crippen molar-refractivity contribution in [2.24, 2.45) is 0 Å². The first-order valence-electron chi connectivity index (χ1n) is 4.51. The van der Waals surface area contributed by atoms with E-state index in [0.29, 0.717) is 0 Å². The summed E-state index contributed by atoms with van der Waals surface area (Å²) >= 11 is 0. The number of hydrogen-bond donors (Lipinski definition) is 0. The molecular weight excluding hydrogens is 120 g/mol. The van der Waals surface area contributed by atoms with E-state index in [4.69, 9.17) is 0 Å². The summed E-state index contributed by atoms with van der Waals surface area (Å²) in [7, 11) is 0. The van der Waals surface area contributed by atoms with E-state index in [9.17, 15) is 0 Å². The van der Waals surface area contributed by atoms with Crippen molar-refractivity contribution in [1.82, 2.24) is 0 Å². The van der Waals surface area contributed by atoms with Crippen LogP contribution in [-0.2, 0) is 0 Å². The van der Waals surface area contributed by atoms with Crippen molar-refractivity contribution >= 4 is 0 Å². The summed E-state index contributed by atoms with van der Waals surface area (Å²) in [6.45, 7) is 0. The van der Waals surface area contributed by atoms with Gasteiger partial charge in [-0.05, 0) is 51.4 Å². The van der Waals surface area contributed by atoms with E-state index in [1.807, 2.05) is 0 Å². The molecule has 55 valence electrons. The van der Waals surface area contributed by atoms with Gasteiger partial charge >= 0.3 is 0 Å². The SMILES string of the molecule is [CH]1CCCC2=C1CCCC2. The zero-order valence-electron chi connectivity index (χ0n) is 6.53. The van der Waals surface area contributed by atoms with E-state index >= 15 is 0 Å². The Labute approximate surface area is 63.3 Å². The molecule has 0 aromatic heterocycles. The third kappa shape index (κ3) is 1.12. The molecule has 0 heterocycles. The molecular formula is C10H15. The molecule has 10 heavy (non-hydrogen) atoms. The summed E-state index contributed by atoms with van der Waals surface area (Å²) in [5.41, 5.74) is 3.51. The maximum Gasteiger partial charge on any atom is -0.0135 e. The maximum atomic E-state index is 2.47. The molecule has 2 rings (SSSR count). The molecule has 0 heteroatoms. The average Bonchev–Trinajstić information content (AvgIpc) is 2.05. The van der Waals surface area contributed by atoms with Gasteiger partial charge in [-0.1, -0.05) is 11.1 Å². The Morgan fingerprint density at radius 3 is 2.60 bits per heavy atom. The maximum absolute atomic E-state index is 2.47. The molecule has 2 aliphatic rings. The van der Waals surface area contributed by atoms with E-state index in [1.165, 1.54) is 44.9 Å². The molecule has 0 aromatic carbocycles. The Morgan fingerprint density at radius 1 is 0.900 bits per heavy atom. The molecule has 0 N–H and O–H groups in total. The topological polar surface area (TPSA) is 0 Å². The van der Waals surface area contributed by atoms with Crippen LogP contribution in [-0.4, -0.2) is 0 Å². The van der Waals surface area contributed by atoms with Crippen LogP contribution in [0.15, 0.2) is 11.1 Å². The summed E-state index contributed by atoms with van der Waals surface area (Å²) in [5, 5.41) is 0. The van der Waals surface area contributed by atoms with Crippen LogP contribution in [0.3, 0.4) is 0 Å². The largest absolute Gasteiger partial charge is 0.0707 e. The highest BCUT2D eigenvalue weighted by atomic mass is 14.2. The Balaban J connectivity index is 2.14. The Kier molecular flexibility index (Phi) is 1.79. The zero-order chi connectivity index (χ0) is 6.81. The van der Waals surface area contributed by atoms with E-state index in [1.54, 1.807) is 11.1 Å². The van der Waals surface area contributed by atoms with Crippen molar-refractivity contribution in [3.8, 4) is 0 Å². The first-order chi connectivity index (χ1) is 4.97. The summed E-state index contributed by atoms with van der Waals surface area (Å²) in [6, 6.07) is 0. The van der Waals surface area contributed by atoms with Gasteiger partial charge in [0.2, 0.25) is 0 Å². The molecule has 0 unspecified atom stereocenters. The van der Waals surface area contributed by atoms with Crippen LogP contribution >= 0.6 is 0 Å². The smallest absolute Gasteiger partial charge is 0.0135 e. The number of allylic oxidation sites excluding steroid dienone is 2. The second-order valence-electron chi connectivity index (χ2n) is 3.43. The molecule has 0 aliphatic heterocycles. The van der Waals surface area contributed by atoms with Crippen molar-refractivity contribution in [2.45, 2.75) is 44.9 Å². The minimum absolute atomic E-state index is 1.35. The molecule has 0 atom stereocenters. The minimum Gasteiger partial charge on any atom is -0.0707 e. The monoisotopic (exact) mass is 135 g/mol. The molecule has 0 saturated heterocycles. The van der Waals surface area contributed by atoms with Crippen LogP contribution in [0, 0.1) is 6.42 Å². The highest BCUT2D eigenvalue weighted by molar-refractivity contribution is 5.26. The summed E-state index contributed by atoms with van der Waals surface area (Å²) in [5.74, 6) is 0. The standard InChI is InChI=1S/C10H15/c1-2-6-10-8-4-3-7-9(10)5-1/h5H,1-4,6-8H2. The second kappa shape index (κ2) is 2.77. The summed E-state index contributed by atoms with van der Waals surface area (Å²) in [6.07, 6.45) is 12.3. The van der Waals surface area contributed by atoms with Gasteiger partial charge in [0.1, 0.15) is 0 Å².